The van der Waals surface area contributed by atoms with Crippen molar-refractivity contribution in [3.8, 4) is 11.5 Å². The number of nitrogens with zero attached hydrogens (tertiary/aromatic N) is 1. The van der Waals surface area contributed by atoms with Crippen LogP contribution in [0.25, 0.3) is 0 Å². The number of benzene rings is 1. The van der Waals surface area contributed by atoms with E-state index in [1.54, 1.807) is 12.3 Å². The molecule has 2 nitrogen and oxygen atoms in total. The summed E-state index contributed by atoms with van der Waals surface area (Å²) >= 11 is 5.85. The maximum absolute atomic E-state index is 5.85. The van der Waals surface area contributed by atoms with Gasteiger partial charge < -0.3 is 4.74 Å². The molecule has 2 rings (SSSR count). The van der Waals surface area contributed by atoms with E-state index in [1.807, 2.05) is 25.1 Å². The van der Waals surface area contributed by atoms with Gasteiger partial charge >= 0.3 is 0 Å². The summed E-state index contributed by atoms with van der Waals surface area (Å²) in [7, 11) is 0. The third-order valence-electron chi connectivity index (χ3n) is 2.55. The van der Waals surface area contributed by atoms with Gasteiger partial charge in [0.1, 0.15) is 16.7 Å². The van der Waals surface area contributed by atoms with Gasteiger partial charge in [0.2, 0.25) is 0 Å². The summed E-state index contributed by atoms with van der Waals surface area (Å²) in [6.07, 6.45) is 2.70. The number of aryl methyl sites for hydroxylation is 2. The molecule has 0 atom stereocenters. The summed E-state index contributed by atoms with van der Waals surface area (Å²) in [6, 6.07) is 9.78. The Morgan fingerprint density at radius 1 is 1.29 bits per heavy atom. The van der Waals surface area contributed by atoms with Crippen LogP contribution in [0.5, 0.6) is 11.5 Å². The molecule has 1 aromatic carbocycles. The molecule has 3 heteroatoms. The average Bonchev–Trinajstić information content (AvgIpc) is 2.34. The summed E-state index contributed by atoms with van der Waals surface area (Å²) in [5.41, 5.74) is 2.22. The molecule has 0 saturated carbocycles. The van der Waals surface area contributed by atoms with E-state index in [0.29, 0.717) is 5.15 Å². The van der Waals surface area contributed by atoms with Gasteiger partial charge in [-0.2, -0.15) is 0 Å². The van der Waals surface area contributed by atoms with E-state index < -0.39 is 0 Å². The van der Waals surface area contributed by atoms with Crippen molar-refractivity contribution < 1.29 is 4.74 Å². The van der Waals surface area contributed by atoms with Crippen LogP contribution in [0.2, 0.25) is 5.15 Å². The topological polar surface area (TPSA) is 22.1 Å². The Morgan fingerprint density at radius 2 is 2.12 bits per heavy atom. The third kappa shape index (κ3) is 2.98. The zero-order valence-electron chi connectivity index (χ0n) is 9.90. The molecule has 17 heavy (non-hydrogen) atoms. The lowest BCUT2D eigenvalue weighted by Gasteiger charge is -2.09. The van der Waals surface area contributed by atoms with Crippen LogP contribution < -0.4 is 4.74 Å². The Labute approximate surface area is 106 Å². The van der Waals surface area contributed by atoms with Crippen molar-refractivity contribution in [1.29, 1.82) is 0 Å². The minimum absolute atomic E-state index is 0.442. The molecular weight excluding hydrogens is 234 g/mol. The van der Waals surface area contributed by atoms with E-state index in [4.69, 9.17) is 16.3 Å². The molecule has 0 N–H and O–H groups in total. The Kier molecular flexibility index (Phi) is 3.64. The van der Waals surface area contributed by atoms with Crippen LogP contribution >= 0.6 is 11.6 Å². The van der Waals surface area contributed by atoms with Crippen LogP contribution in [-0.2, 0) is 6.42 Å². The fourth-order valence-electron chi connectivity index (χ4n) is 1.55. The summed E-state index contributed by atoms with van der Waals surface area (Å²) < 4.78 is 5.81. The minimum atomic E-state index is 0.442. The van der Waals surface area contributed by atoms with Gasteiger partial charge in [0.25, 0.3) is 0 Å². The van der Waals surface area contributed by atoms with Gasteiger partial charge in [-0.3, -0.25) is 0 Å². The van der Waals surface area contributed by atoms with E-state index in [2.05, 4.69) is 18.0 Å². The van der Waals surface area contributed by atoms with Crippen LogP contribution in [0.1, 0.15) is 18.1 Å². The van der Waals surface area contributed by atoms with Crippen LogP contribution in [0.4, 0.5) is 0 Å². The van der Waals surface area contributed by atoms with Crippen molar-refractivity contribution in [3.63, 3.8) is 0 Å². The number of halogens is 1. The molecule has 0 spiro atoms. The lowest BCUT2D eigenvalue weighted by atomic mass is 10.2. The molecule has 0 bridgehead atoms. The van der Waals surface area contributed by atoms with Gasteiger partial charge in [-0.1, -0.05) is 30.7 Å². The fourth-order valence-corrected chi connectivity index (χ4v) is 1.70. The molecule has 0 unspecified atom stereocenters. The van der Waals surface area contributed by atoms with Gasteiger partial charge in [0.15, 0.2) is 0 Å². The standard InChI is InChI=1S/C14H14ClNO/c1-3-11-5-4-6-12(7-11)17-13-8-14(15)16-9-10(13)2/h4-9H,3H2,1-2H3. The number of ether oxygens (including phenoxy) is 1. The Morgan fingerprint density at radius 3 is 2.88 bits per heavy atom. The molecular formula is C14H14ClNO. The highest BCUT2D eigenvalue weighted by Gasteiger charge is 2.03. The number of hydrogen-bond acceptors (Lipinski definition) is 2. The van der Waals surface area contributed by atoms with Crippen molar-refractivity contribution in [2.45, 2.75) is 20.3 Å². The Hall–Kier alpha value is -1.54. The summed E-state index contributed by atoms with van der Waals surface area (Å²) in [6.45, 7) is 4.07. The second-order valence-electron chi connectivity index (χ2n) is 3.88. The largest absolute Gasteiger partial charge is 0.457 e. The first-order valence-electron chi connectivity index (χ1n) is 5.58. The van der Waals surface area contributed by atoms with Crippen LogP contribution in [0.3, 0.4) is 0 Å². The van der Waals surface area contributed by atoms with Crippen LogP contribution in [0.15, 0.2) is 36.5 Å². The predicted molar refractivity (Wildman–Crippen MR) is 69.9 cm³/mol. The molecule has 0 amide bonds. The van der Waals surface area contributed by atoms with Gasteiger partial charge in [0, 0.05) is 17.8 Å². The zero-order chi connectivity index (χ0) is 12.3. The molecule has 0 fully saturated rings. The normalized spacial score (nSPS) is 10.3. The van der Waals surface area contributed by atoms with E-state index in [1.165, 1.54) is 5.56 Å². The van der Waals surface area contributed by atoms with Crippen molar-refractivity contribution in [2.75, 3.05) is 0 Å². The first-order chi connectivity index (χ1) is 8.19. The molecule has 0 radical (unpaired) electrons. The smallest absolute Gasteiger partial charge is 0.134 e. The molecule has 0 aliphatic rings. The van der Waals surface area contributed by atoms with Crippen LogP contribution in [-0.4, -0.2) is 4.98 Å². The molecule has 0 aliphatic heterocycles. The first kappa shape index (κ1) is 11.9. The quantitative estimate of drug-likeness (QED) is 0.750. The van der Waals surface area contributed by atoms with Crippen LogP contribution in [0, 0.1) is 6.92 Å². The molecule has 0 aliphatic carbocycles. The summed E-state index contributed by atoms with van der Waals surface area (Å²) in [5, 5.41) is 0.442. The van der Waals surface area contributed by atoms with Gasteiger partial charge in [0.05, 0.1) is 0 Å². The first-order valence-corrected chi connectivity index (χ1v) is 5.96. The van der Waals surface area contributed by atoms with Crippen molar-refractivity contribution in [1.82, 2.24) is 4.98 Å². The monoisotopic (exact) mass is 247 g/mol. The predicted octanol–water partition coefficient (Wildman–Crippen LogP) is 4.40. The SMILES string of the molecule is CCc1cccc(Oc2cc(Cl)ncc2C)c1. The molecule has 1 heterocycles. The maximum Gasteiger partial charge on any atom is 0.134 e. The minimum Gasteiger partial charge on any atom is -0.457 e. The zero-order valence-corrected chi connectivity index (χ0v) is 10.7. The van der Waals surface area contributed by atoms with Gasteiger partial charge in [-0.05, 0) is 31.0 Å². The van der Waals surface area contributed by atoms with E-state index in [9.17, 15) is 0 Å². The summed E-state index contributed by atoms with van der Waals surface area (Å²) in [5.74, 6) is 1.58. The second kappa shape index (κ2) is 5.19. The number of pyridine rings is 1. The fraction of sp³-hybridized carbons (Fsp3) is 0.214. The second-order valence-corrected chi connectivity index (χ2v) is 4.26. The molecule has 1 aromatic heterocycles. The molecule has 0 saturated heterocycles. The average molecular weight is 248 g/mol. The highest BCUT2D eigenvalue weighted by atomic mass is 35.5. The van der Waals surface area contributed by atoms with E-state index >= 15 is 0 Å². The Bertz CT molecular complexity index is 525. The van der Waals surface area contributed by atoms with Crippen molar-refractivity contribution in [2.24, 2.45) is 0 Å². The highest BCUT2D eigenvalue weighted by molar-refractivity contribution is 6.29. The number of hydrogen-bond donors (Lipinski definition) is 0. The van der Waals surface area contributed by atoms with E-state index in [0.717, 1.165) is 23.5 Å². The molecule has 2 aromatic rings. The number of rotatable bonds is 3. The number of aromatic nitrogens is 1. The summed E-state index contributed by atoms with van der Waals surface area (Å²) in [4.78, 5) is 4.00. The Balaban J connectivity index is 2.27. The molecule has 88 valence electrons. The highest BCUT2D eigenvalue weighted by Crippen LogP contribution is 2.27. The maximum atomic E-state index is 5.85. The van der Waals surface area contributed by atoms with Crippen molar-refractivity contribution in [3.05, 3.63) is 52.8 Å². The van der Waals surface area contributed by atoms with Crippen molar-refractivity contribution >= 4 is 11.6 Å². The van der Waals surface area contributed by atoms with Gasteiger partial charge in [-0.15, -0.1) is 0 Å². The third-order valence-corrected chi connectivity index (χ3v) is 2.76. The lowest BCUT2D eigenvalue weighted by Crippen LogP contribution is -1.90. The van der Waals surface area contributed by atoms with E-state index in [-0.39, 0.29) is 0 Å². The lowest BCUT2D eigenvalue weighted by molar-refractivity contribution is 0.477. The van der Waals surface area contributed by atoms with Gasteiger partial charge in [-0.25, -0.2) is 4.98 Å².